The summed E-state index contributed by atoms with van der Waals surface area (Å²) in [7, 11) is 0. The van der Waals surface area contributed by atoms with Gasteiger partial charge in [-0.25, -0.2) is 0 Å². The van der Waals surface area contributed by atoms with Gasteiger partial charge in [0.2, 0.25) is 0 Å². The molecule has 0 radical (unpaired) electrons. The monoisotopic (exact) mass is 506 g/mol. The predicted molar refractivity (Wildman–Crippen MR) is 150 cm³/mol. The lowest BCUT2D eigenvalue weighted by Gasteiger charge is -2.15. The van der Waals surface area contributed by atoms with Crippen molar-refractivity contribution in [2.75, 3.05) is 18.5 Å². The van der Waals surface area contributed by atoms with Gasteiger partial charge in [-0.1, -0.05) is 42.5 Å². The molecule has 0 heterocycles. The van der Waals surface area contributed by atoms with E-state index in [1.54, 1.807) is 42.5 Å². The first kappa shape index (κ1) is 26.3. The van der Waals surface area contributed by atoms with Gasteiger partial charge in [0.05, 0.1) is 13.2 Å². The van der Waals surface area contributed by atoms with Gasteiger partial charge < -0.3 is 19.5 Å². The third kappa shape index (κ3) is 6.32. The van der Waals surface area contributed by atoms with Gasteiger partial charge in [0, 0.05) is 11.3 Å². The number of hydrogen-bond acceptors (Lipinski definition) is 5. The summed E-state index contributed by atoms with van der Waals surface area (Å²) in [6.07, 6.45) is 1.53. The van der Waals surface area contributed by atoms with E-state index in [2.05, 4.69) is 36.5 Å². The standard InChI is InChI=1S/C32H30N2O4/c1-4-36-27-15-13-26(14-16-27)34-32(35)25(20-33)18-23-11-17-30(31(19-23)37-5-2)38-21-29-22(3)10-12-24-8-6-7-9-28(24)29/h6-19H,4-5,21H2,1-3H3,(H,34,35)/b25-18+. The zero-order valence-electron chi connectivity index (χ0n) is 21.8. The van der Waals surface area contributed by atoms with Crippen LogP contribution in [0.15, 0.2) is 84.4 Å². The van der Waals surface area contributed by atoms with Crippen molar-refractivity contribution in [3.05, 3.63) is 101 Å². The molecule has 6 heteroatoms. The van der Waals surface area contributed by atoms with Crippen LogP contribution in [-0.2, 0) is 11.4 Å². The molecule has 0 atom stereocenters. The van der Waals surface area contributed by atoms with E-state index in [0.29, 0.717) is 48.3 Å². The Hall–Kier alpha value is -4.76. The van der Waals surface area contributed by atoms with E-state index in [1.807, 2.05) is 32.0 Å². The number of nitrogens with zero attached hydrogens (tertiary/aromatic N) is 1. The van der Waals surface area contributed by atoms with Gasteiger partial charge in [0.15, 0.2) is 11.5 Å². The molecule has 0 bridgehead atoms. The summed E-state index contributed by atoms with van der Waals surface area (Å²) in [6, 6.07) is 26.8. The number of aryl methyl sites for hydroxylation is 1. The molecule has 0 aliphatic carbocycles. The Kier molecular flexibility index (Phi) is 8.63. The number of carbonyl (C=O) groups is 1. The molecule has 0 aliphatic rings. The fourth-order valence-corrected chi connectivity index (χ4v) is 4.10. The summed E-state index contributed by atoms with van der Waals surface area (Å²) >= 11 is 0. The maximum Gasteiger partial charge on any atom is 0.266 e. The van der Waals surface area contributed by atoms with Crippen LogP contribution in [0.5, 0.6) is 17.2 Å². The smallest absolute Gasteiger partial charge is 0.266 e. The fourth-order valence-electron chi connectivity index (χ4n) is 4.10. The summed E-state index contributed by atoms with van der Waals surface area (Å²) < 4.78 is 17.5. The van der Waals surface area contributed by atoms with Gasteiger partial charge in [-0.15, -0.1) is 0 Å². The number of carbonyl (C=O) groups excluding carboxylic acids is 1. The van der Waals surface area contributed by atoms with Crippen molar-refractivity contribution in [1.29, 1.82) is 5.26 Å². The molecule has 4 aromatic rings. The SMILES string of the molecule is CCOc1ccc(NC(=O)/C(C#N)=C/c2ccc(OCc3c(C)ccc4ccccc34)c(OCC)c2)cc1. The van der Waals surface area contributed by atoms with Crippen LogP contribution < -0.4 is 19.5 Å². The van der Waals surface area contributed by atoms with Gasteiger partial charge in [-0.3, -0.25) is 4.79 Å². The second-order valence-corrected chi connectivity index (χ2v) is 8.59. The van der Waals surface area contributed by atoms with Crippen molar-refractivity contribution in [3.8, 4) is 23.3 Å². The van der Waals surface area contributed by atoms with Crippen LogP contribution in [-0.4, -0.2) is 19.1 Å². The van der Waals surface area contributed by atoms with E-state index in [-0.39, 0.29) is 5.57 Å². The Labute approximate surface area is 223 Å². The lowest BCUT2D eigenvalue weighted by atomic mass is 10.0. The lowest BCUT2D eigenvalue weighted by Crippen LogP contribution is -2.13. The highest BCUT2D eigenvalue weighted by molar-refractivity contribution is 6.09. The minimum atomic E-state index is -0.499. The molecule has 0 spiro atoms. The van der Waals surface area contributed by atoms with Crippen molar-refractivity contribution >= 4 is 28.4 Å². The number of fused-ring (bicyclic) bond motifs is 1. The first-order valence-electron chi connectivity index (χ1n) is 12.5. The zero-order chi connectivity index (χ0) is 26.9. The number of hydrogen-bond donors (Lipinski definition) is 1. The van der Waals surface area contributed by atoms with Gasteiger partial charge in [-0.05, 0) is 85.1 Å². The summed E-state index contributed by atoms with van der Waals surface area (Å²) in [4.78, 5) is 12.7. The Morgan fingerprint density at radius 3 is 2.39 bits per heavy atom. The lowest BCUT2D eigenvalue weighted by molar-refractivity contribution is -0.112. The molecule has 4 aromatic carbocycles. The van der Waals surface area contributed by atoms with E-state index >= 15 is 0 Å². The van der Waals surface area contributed by atoms with Crippen LogP contribution in [0.3, 0.4) is 0 Å². The van der Waals surface area contributed by atoms with Crippen LogP contribution >= 0.6 is 0 Å². The zero-order valence-corrected chi connectivity index (χ0v) is 21.8. The molecule has 38 heavy (non-hydrogen) atoms. The van der Waals surface area contributed by atoms with Gasteiger partial charge in [0.1, 0.15) is 24.0 Å². The van der Waals surface area contributed by atoms with Crippen LogP contribution in [0.1, 0.15) is 30.5 Å². The number of amides is 1. The average Bonchev–Trinajstić information content (AvgIpc) is 2.93. The van der Waals surface area contributed by atoms with Crippen LogP contribution in [0, 0.1) is 18.3 Å². The van der Waals surface area contributed by atoms with Gasteiger partial charge >= 0.3 is 0 Å². The molecule has 0 saturated heterocycles. The van der Waals surface area contributed by atoms with E-state index in [1.165, 1.54) is 6.08 Å². The number of nitriles is 1. The fraction of sp³-hybridized carbons (Fsp3) is 0.188. The third-order valence-corrected chi connectivity index (χ3v) is 6.01. The van der Waals surface area contributed by atoms with E-state index in [0.717, 1.165) is 21.9 Å². The molecule has 4 rings (SSSR count). The van der Waals surface area contributed by atoms with Crippen molar-refractivity contribution in [3.63, 3.8) is 0 Å². The van der Waals surface area contributed by atoms with Crippen LogP contribution in [0.4, 0.5) is 5.69 Å². The molecule has 1 N–H and O–H groups in total. The molecule has 0 saturated carbocycles. The average molecular weight is 507 g/mol. The quantitative estimate of drug-likeness (QED) is 0.184. The van der Waals surface area contributed by atoms with Crippen LogP contribution in [0.25, 0.3) is 16.8 Å². The largest absolute Gasteiger partial charge is 0.494 e. The van der Waals surface area contributed by atoms with Gasteiger partial charge in [-0.2, -0.15) is 5.26 Å². The highest BCUT2D eigenvalue weighted by Crippen LogP contribution is 2.32. The maximum atomic E-state index is 12.7. The minimum absolute atomic E-state index is 0.0265. The molecule has 0 aromatic heterocycles. The maximum absolute atomic E-state index is 12.7. The molecule has 0 unspecified atom stereocenters. The summed E-state index contributed by atoms with van der Waals surface area (Å²) in [5.41, 5.74) is 3.47. The molecular weight excluding hydrogens is 476 g/mol. The Balaban J connectivity index is 1.52. The van der Waals surface area contributed by atoms with E-state index in [4.69, 9.17) is 14.2 Å². The number of rotatable bonds is 10. The Morgan fingerprint density at radius 2 is 1.66 bits per heavy atom. The number of benzene rings is 4. The molecule has 1 amide bonds. The Morgan fingerprint density at radius 1 is 0.895 bits per heavy atom. The van der Waals surface area contributed by atoms with Gasteiger partial charge in [0.25, 0.3) is 5.91 Å². The third-order valence-electron chi connectivity index (χ3n) is 6.01. The second-order valence-electron chi connectivity index (χ2n) is 8.59. The molecule has 0 aliphatic heterocycles. The Bertz CT molecular complexity index is 1500. The number of nitrogens with one attached hydrogen (secondary N) is 1. The summed E-state index contributed by atoms with van der Waals surface area (Å²) in [5.74, 6) is 1.35. The van der Waals surface area contributed by atoms with Crippen LogP contribution in [0.2, 0.25) is 0 Å². The minimum Gasteiger partial charge on any atom is -0.494 e. The number of anilines is 1. The number of ether oxygens (including phenoxy) is 3. The first-order valence-corrected chi connectivity index (χ1v) is 12.5. The van der Waals surface area contributed by atoms with Crippen molar-refractivity contribution < 1.29 is 19.0 Å². The topological polar surface area (TPSA) is 80.6 Å². The van der Waals surface area contributed by atoms with Crippen molar-refractivity contribution in [1.82, 2.24) is 0 Å². The highest BCUT2D eigenvalue weighted by atomic mass is 16.5. The highest BCUT2D eigenvalue weighted by Gasteiger charge is 2.13. The molecular formula is C32H30N2O4. The van der Waals surface area contributed by atoms with E-state index < -0.39 is 5.91 Å². The molecule has 192 valence electrons. The molecule has 0 fully saturated rings. The normalized spacial score (nSPS) is 11.1. The molecule has 6 nitrogen and oxygen atoms in total. The van der Waals surface area contributed by atoms with Crippen molar-refractivity contribution in [2.24, 2.45) is 0 Å². The van der Waals surface area contributed by atoms with E-state index in [9.17, 15) is 10.1 Å². The first-order chi connectivity index (χ1) is 18.5. The second kappa shape index (κ2) is 12.5. The summed E-state index contributed by atoms with van der Waals surface area (Å²) in [6.45, 7) is 7.26. The summed E-state index contributed by atoms with van der Waals surface area (Å²) in [5, 5.41) is 14.7. The van der Waals surface area contributed by atoms with Crippen molar-refractivity contribution in [2.45, 2.75) is 27.4 Å². The predicted octanol–water partition coefficient (Wildman–Crippen LogP) is 7.07.